The van der Waals surface area contributed by atoms with Gasteiger partial charge in [0.25, 0.3) is 0 Å². The predicted octanol–water partition coefficient (Wildman–Crippen LogP) is 2.23. The van der Waals surface area contributed by atoms with Crippen molar-refractivity contribution in [2.24, 2.45) is 0 Å². The van der Waals surface area contributed by atoms with Crippen LogP contribution in [0, 0.1) is 0 Å². The van der Waals surface area contributed by atoms with Gasteiger partial charge in [-0.15, -0.1) is 0 Å². The molecule has 82 valence electrons. The van der Waals surface area contributed by atoms with Crippen molar-refractivity contribution in [3.05, 3.63) is 11.6 Å². The summed E-state index contributed by atoms with van der Waals surface area (Å²) in [4.78, 5) is 11.4. The molecule has 0 fully saturated rings. The molecule has 1 amide bonds. The number of rotatable bonds is 7. The summed E-state index contributed by atoms with van der Waals surface area (Å²) in [5.74, 6) is -0.0328. The molecule has 14 heavy (non-hydrogen) atoms. The van der Waals surface area contributed by atoms with Gasteiger partial charge in [0.05, 0.1) is 0 Å². The fraction of sp³-hybridized carbons (Fsp3) is 0.727. The minimum absolute atomic E-state index is 0.0328. The van der Waals surface area contributed by atoms with Crippen LogP contribution in [0.4, 0.5) is 0 Å². The van der Waals surface area contributed by atoms with Crippen molar-refractivity contribution in [1.29, 1.82) is 0 Å². The molecule has 0 aromatic carbocycles. The molecule has 0 atom stereocenters. The summed E-state index contributed by atoms with van der Waals surface area (Å²) in [6, 6.07) is 0. The fourth-order valence-corrected chi connectivity index (χ4v) is 0.973. The molecule has 3 heteroatoms. The quantitative estimate of drug-likeness (QED) is 0.388. The van der Waals surface area contributed by atoms with Crippen LogP contribution in [0.1, 0.15) is 40.0 Å². The van der Waals surface area contributed by atoms with Gasteiger partial charge in [0.15, 0.2) is 0 Å². The molecular weight excluding hydrogens is 178 g/mol. The Morgan fingerprint density at radius 2 is 2.14 bits per heavy atom. The average Bonchev–Trinajstić information content (AvgIpc) is 2.18. The molecule has 0 saturated carbocycles. The number of hydrogen-bond acceptors (Lipinski definition) is 2. The molecule has 0 aliphatic rings. The topological polar surface area (TPSA) is 38.3 Å². The van der Waals surface area contributed by atoms with Crippen LogP contribution in [0.3, 0.4) is 0 Å². The number of allylic oxidation sites excluding steroid dienone is 1. The van der Waals surface area contributed by atoms with Crippen molar-refractivity contribution in [1.82, 2.24) is 5.32 Å². The lowest BCUT2D eigenvalue weighted by Crippen LogP contribution is -2.26. The second kappa shape index (κ2) is 8.75. The van der Waals surface area contributed by atoms with Gasteiger partial charge in [-0.25, -0.2) is 0 Å². The molecular formula is C11H21NO2. The van der Waals surface area contributed by atoms with Crippen LogP contribution in [0.25, 0.3) is 0 Å². The molecule has 0 unspecified atom stereocenters. The Bertz CT molecular complexity index is 188. The van der Waals surface area contributed by atoms with Gasteiger partial charge < -0.3 is 10.1 Å². The monoisotopic (exact) mass is 199 g/mol. The highest BCUT2D eigenvalue weighted by atomic mass is 16.5. The minimum Gasteiger partial charge on any atom is -0.362 e. The molecule has 0 bridgehead atoms. The van der Waals surface area contributed by atoms with E-state index in [0.29, 0.717) is 13.3 Å². The molecule has 0 aliphatic carbocycles. The van der Waals surface area contributed by atoms with Gasteiger partial charge in [0.2, 0.25) is 5.91 Å². The Kier molecular flexibility index (Phi) is 8.24. The normalized spacial score (nSPS) is 11.5. The molecule has 0 aromatic heterocycles. The van der Waals surface area contributed by atoms with E-state index in [4.69, 9.17) is 4.74 Å². The largest absolute Gasteiger partial charge is 0.362 e. The highest BCUT2D eigenvalue weighted by Crippen LogP contribution is 2.00. The number of hydrogen-bond donors (Lipinski definition) is 1. The van der Waals surface area contributed by atoms with Crippen molar-refractivity contribution in [2.45, 2.75) is 40.0 Å². The van der Waals surface area contributed by atoms with E-state index >= 15 is 0 Å². The van der Waals surface area contributed by atoms with Crippen LogP contribution < -0.4 is 5.32 Å². The first kappa shape index (κ1) is 13.2. The fourth-order valence-electron chi connectivity index (χ4n) is 0.973. The van der Waals surface area contributed by atoms with Gasteiger partial charge >= 0.3 is 0 Å². The first-order valence-corrected chi connectivity index (χ1v) is 5.25. The van der Waals surface area contributed by atoms with E-state index in [2.05, 4.69) is 12.2 Å². The summed E-state index contributed by atoms with van der Waals surface area (Å²) in [6.07, 6.45) is 5.25. The third kappa shape index (κ3) is 6.66. The maximum atomic E-state index is 11.4. The van der Waals surface area contributed by atoms with Crippen molar-refractivity contribution in [3.8, 4) is 0 Å². The predicted molar refractivity (Wildman–Crippen MR) is 57.9 cm³/mol. The summed E-state index contributed by atoms with van der Waals surface area (Å²) >= 11 is 0. The highest BCUT2D eigenvalue weighted by molar-refractivity contribution is 5.92. The first-order chi connectivity index (χ1) is 6.72. The molecule has 0 heterocycles. The van der Waals surface area contributed by atoms with Crippen molar-refractivity contribution < 1.29 is 9.53 Å². The van der Waals surface area contributed by atoms with Crippen molar-refractivity contribution in [3.63, 3.8) is 0 Å². The van der Waals surface area contributed by atoms with Gasteiger partial charge in [-0.05, 0) is 20.3 Å². The maximum Gasteiger partial charge on any atom is 0.248 e. The molecule has 0 aromatic rings. The zero-order chi connectivity index (χ0) is 10.8. The van der Waals surface area contributed by atoms with Crippen LogP contribution in [-0.2, 0) is 9.53 Å². The molecule has 0 radical (unpaired) electrons. The van der Waals surface area contributed by atoms with Gasteiger partial charge in [-0.2, -0.15) is 0 Å². The van der Waals surface area contributed by atoms with E-state index in [-0.39, 0.29) is 5.91 Å². The average molecular weight is 199 g/mol. The summed E-state index contributed by atoms with van der Waals surface area (Å²) in [5.41, 5.74) is 0.776. The highest BCUT2D eigenvalue weighted by Gasteiger charge is 2.01. The Labute approximate surface area is 86.5 Å². The van der Waals surface area contributed by atoms with Crippen LogP contribution >= 0.6 is 0 Å². The molecule has 0 saturated heterocycles. The van der Waals surface area contributed by atoms with Gasteiger partial charge in [0, 0.05) is 12.2 Å². The van der Waals surface area contributed by atoms with E-state index in [1.54, 1.807) is 0 Å². The summed E-state index contributed by atoms with van der Waals surface area (Å²) in [6.45, 7) is 6.79. The number of nitrogens with one attached hydrogen (secondary N) is 1. The first-order valence-electron chi connectivity index (χ1n) is 5.25. The van der Waals surface area contributed by atoms with E-state index in [1.165, 1.54) is 0 Å². The Hall–Kier alpha value is -0.830. The number of carbonyl (C=O) groups is 1. The van der Waals surface area contributed by atoms with E-state index in [9.17, 15) is 4.79 Å². The summed E-state index contributed by atoms with van der Waals surface area (Å²) < 4.78 is 5.02. The van der Waals surface area contributed by atoms with Crippen LogP contribution in [0.15, 0.2) is 11.6 Å². The van der Waals surface area contributed by atoms with Crippen molar-refractivity contribution in [2.75, 3.05) is 13.3 Å². The molecule has 0 rings (SSSR count). The summed E-state index contributed by atoms with van der Waals surface area (Å²) in [7, 11) is 0. The Balaban J connectivity index is 3.68. The lowest BCUT2D eigenvalue weighted by molar-refractivity contribution is -0.119. The number of ether oxygens (including phenoxy) is 1. The molecule has 0 aliphatic heterocycles. The smallest absolute Gasteiger partial charge is 0.248 e. The molecule has 1 N–H and O–H groups in total. The number of carbonyl (C=O) groups excluding carboxylic acids is 1. The van der Waals surface area contributed by atoms with Gasteiger partial charge in [-0.3, -0.25) is 4.79 Å². The third-order valence-electron chi connectivity index (χ3n) is 1.91. The standard InChI is InChI=1S/C11H21NO2/c1-4-6-7-8-10(3)11(13)12-9-14-5-2/h8H,4-7,9H2,1-3H3,(H,12,13). The SMILES string of the molecule is CCCCC=C(C)C(=O)NCOCC. The maximum absolute atomic E-state index is 11.4. The minimum atomic E-state index is -0.0328. The van der Waals surface area contributed by atoms with Crippen LogP contribution in [-0.4, -0.2) is 19.2 Å². The number of amides is 1. The van der Waals surface area contributed by atoms with E-state index in [0.717, 1.165) is 24.8 Å². The lowest BCUT2D eigenvalue weighted by atomic mass is 10.2. The Morgan fingerprint density at radius 3 is 2.71 bits per heavy atom. The van der Waals surface area contributed by atoms with E-state index < -0.39 is 0 Å². The zero-order valence-electron chi connectivity index (χ0n) is 9.43. The van der Waals surface area contributed by atoms with Crippen molar-refractivity contribution >= 4 is 5.91 Å². The second-order valence-electron chi connectivity index (χ2n) is 3.17. The third-order valence-corrected chi connectivity index (χ3v) is 1.91. The van der Waals surface area contributed by atoms with E-state index in [1.807, 2.05) is 19.9 Å². The summed E-state index contributed by atoms with van der Waals surface area (Å²) in [5, 5.41) is 2.68. The lowest BCUT2D eigenvalue weighted by Gasteiger charge is -2.04. The molecule has 3 nitrogen and oxygen atoms in total. The van der Waals surface area contributed by atoms with Crippen LogP contribution in [0.2, 0.25) is 0 Å². The molecule has 0 spiro atoms. The number of unbranched alkanes of at least 4 members (excludes halogenated alkanes) is 2. The van der Waals surface area contributed by atoms with Gasteiger partial charge in [0.1, 0.15) is 6.73 Å². The van der Waals surface area contributed by atoms with Gasteiger partial charge in [-0.1, -0.05) is 25.8 Å². The Morgan fingerprint density at radius 1 is 1.43 bits per heavy atom. The zero-order valence-corrected chi connectivity index (χ0v) is 9.43. The van der Waals surface area contributed by atoms with Crippen LogP contribution in [0.5, 0.6) is 0 Å². The second-order valence-corrected chi connectivity index (χ2v) is 3.17.